The summed E-state index contributed by atoms with van der Waals surface area (Å²) in [5, 5.41) is 2.92. The van der Waals surface area contributed by atoms with E-state index < -0.39 is 12.0 Å². The molecule has 1 aliphatic heterocycles. The SMILES string of the molecule is Fc1ccc(C2(NCC(F)F)CCOCC2)cc1. The molecule has 1 N–H and O–H groups in total. The summed E-state index contributed by atoms with van der Waals surface area (Å²) in [5.74, 6) is -0.324. The van der Waals surface area contributed by atoms with Crippen LogP contribution < -0.4 is 5.32 Å². The van der Waals surface area contributed by atoms with E-state index in [9.17, 15) is 13.2 Å². The van der Waals surface area contributed by atoms with Crippen molar-refractivity contribution >= 4 is 0 Å². The number of hydrogen-bond acceptors (Lipinski definition) is 2. The van der Waals surface area contributed by atoms with Crippen molar-refractivity contribution in [2.45, 2.75) is 24.8 Å². The molecular weight excluding hydrogens is 243 g/mol. The highest BCUT2D eigenvalue weighted by atomic mass is 19.3. The van der Waals surface area contributed by atoms with E-state index in [-0.39, 0.29) is 12.4 Å². The number of halogens is 3. The molecule has 0 unspecified atom stereocenters. The van der Waals surface area contributed by atoms with Gasteiger partial charge in [-0.1, -0.05) is 12.1 Å². The molecule has 0 spiro atoms. The number of hydrogen-bond donors (Lipinski definition) is 1. The van der Waals surface area contributed by atoms with Gasteiger partial charge in [0.15, 0.2) is 0 Å². The molecule has 1 aromatic rings. The number of ether oxygens (including phenoxy) is 1. The maximum Gasteiger partial charge on any atom is 0.250 e. The first-order valence-corrected chi connectivity index (χ1v) is 5.99. The second kappa shape index (κ2) is 5.71. The van der Waals surface area contributed by atoms with Gasteiger partial charge in [-0.2, -0.15) is 0 Å². The first-order valence-electron chi connectivity index (χ1n) is 5.99. The first-order chi connectivity index (χ1) is 8.62. The minimum atomic E-state index is -2.40. The summed E-state index contributed by atoms with van der Waals surface area (Å²) in [7, 11) is 0. The van der Waals surface area contributed by atoms with Gasteiger partial charge in [-0.05, 0) is 30.5 Å². The molecule has 1 aliphatic rings. The number of rotatable bonds is 4. The lowest BCUT2D eigenvalue weighted by molar-refractivity contribution is 0.0271. The lowest BCUT2D eigenvalue weighted by Crippen LogP contribution is -2.48. The van der Waals surface area contributed by atoms with Gasteiger partial charge in [0.1, 0.15) is 5.82 Å². The zero-order valence-corrected chi connectivity index (χ0v) is 9.96. The van der Waals surface area contributed by atoms with Crippen LogP contribution in [0.3, 0.4) is 0 Å². The van der Waals surface area contributed by atoms with Crippen molar-refractivity contribution in [2.24, 2.45) is 0 Å². The van der Waals surface area contributed by atoms with Crippen LogP contribution in [0.15, 0.2) is 24.3 Å². The lowest BCUT2D eigenvalue weighted by Gasteiger charge is -2.38. The highest BCUT2D eigenvalue weighted by Crippen LogP contribution is 2.32. The van der Waals surface area contributed by atoms with Crippen LogP contribution in [0.4, 0.5) is 13.2 Å². The van der Waals surface area contributed by atoms with Gasteiger partial charge >= 0.3 is 0 Å². The zero-order chi connectivity index (χ0) is 13.0. The molecule has 1 aromatic carbocycles. The van der Waals surface area contributed by atoms with Crippen LogP contribution in [-0.2, 0) is 10.3 Å². The largest absolute Gasteiger partial charge is 0.381 e. The highest BCUT2D eigenvalue weighted by Gasteiger charge is 2.34. The molecule has 1 saturated heterocycles. The van der Waals surface area contributed by atoms with E-state index in [4.69, 9.17) is 4.74 Å². The number of alkyl halides is 2. The van der Waals surface area contributed by atoms with Crippen molar-refractivity contribution in [2.75, 3.05) is 19.8 Å². The molecule has 5 heteroatoms. The Labute approximate surface area is 104 Å². The van der Waals surface area contributed by atoms with Crippen LogP contribution in [0.2, 0.25) is 0 Å². The summed E-state index contributed by atoms with van der Waals surface area (Å²) in [5.41, 5.74) is 0.315. The van der Waals surface area contributed by atoms with E-state index in [1.54, 1.807) is 12.1 Å². The minimum Gasteiger partial charge on any atom is -0.381 e. The maximum absolute atomic E-state index is 12.9. The third-order valence-electron chi connectivity index (χ3n) is 3.34. The molecule has 0 saturated carbocycles. The molecule has 0 amide bonds. The fraction of sp³-hybridized carbons (Fsp3) is 0.538. The normalized spacial score (nSPS) is 19.1. The Morgan fingerprint density at radius 3 is 2.33 bits per heavy atom. The monoisotopic (exact) mass is 259 g/mol. The number of benzene rings is 1. The molecule has 0 bridgehead atoms. The Kier molecular flexibility index (Phi) is 4.24. The van der Waals surface area contributed by atoms with Gasteiger partial charge < -0.3 is 10.1 Å². The van der Waals surface area contributed by atoms with E-state index in [1.807, 2.05) is 0 Å². The standard InChI is InChI=1S/C13H16F3NO/c14-11-3-1-10(2-4-11)13(17-9-12(15)16)5-7-18-8-6-13/h1-4,12,17H,5-9H2. The Morgan fingerprint density at radius 2 is 1.78 bits per heavy atom. The summed E-state index contributed by atoms with van der Waals surface area (Å²) < 4.78 is 43.0. The van der Waals surface area contributed by atoms with Crippen LogP contribution >= 0.6 is 0 Å². The molecule has 18 heavy (non-hydrogen) atoms. The van der Waals surface area contributed by atoms with E-state index in [0.717, 1.165) is 5.56 Å². The molecule has 1 heterocycles. The van der Waals surface area contributed by atoms with Crippen molar-refractivity contribution in [3.8, 4) is 0 Å². The van der Waals surface area contributed by atoms with Gasteiger partial charge in [-0.15, -0.1) is 0 Å². The van der Waals surface area contributed by atoms with Gasteiger partial charge in [0.05, 0.1) is 6.54 Å². The van der Waals surface area contributed by atoms with Crippen LogP contribution in [0.1, 0.15) is 18.4 Å². The third kappa shape index (κ3) is 3.03. The highest BCUT2D eigenvalue weighted by molar-refractivity contribution is 5.25. The van der Waals surface area contributed by atoms with E-state index in [1.165, 1.54) is 12.1 Å². The van der Waals surface area contributed by atoms with Crippen LogP contribution in [0, 0.1) is 5.82 Å². The first kappa shape index (κ1) is 13.4. The van der Waals surface area contributed by atoms with Crippen molar-refractivity contribution in [3.63, 3.8) is 0 Å². The van der Waals surface area contributed by atoms with Gasteiger partial charge in [0.25, 0.3) is 6.43 Å². The van der Waals surface area contributed by atoms with Crippen molar-refractivity contribution in [3.05, 3.63) is 35.6 Å². The summed E-state index contributed by atoms with van der Waals surface area (Å²) in [6, 6.07) is 6.02. The molecule has 1 fully saturated rings. The Balaban J connectivity index is 2.20. The molecule has 0 radical (unpaired) electrons. The average Bonchev–Trinajstić information content (AvgIpc) is 2.38. The summed E-state index contributed by atoms with van der Waals surface area (Å²) in [4.78, 5) is 0. The van der Waals surface area contributed by atoms with Crippen molar-refractivity contribution in [1.29, 1.82) is 0 Å². The van der Waals surface area contributed by atoms with Gasteiger partial charge in [-0.3, -0.25) is 0 Å². The predicted molar refractivity (Wildman–Crippen MR) is 62.1 cm³/mol. The smallest absolute Gasteiger partial charge is 0.250 e. The van der Waals surface area contributed by atoms with Crippen LogP contribution in [0.5, 0.6) is 0 Å². The van der Waals surface area contributed by atoms with Crippen molar-refractivity contribution < 1.29 is 17.9 Å². The molecule has 0 atom stereocenters. The average molecular weight is 259 g/mol. The zero-order valence-electron chi connectivity index (χ0n) is 9.96. The predicted octanol–water partition coefficient (Wildman–Crippen LogP) is 2.69. The van der Waals surface area contributed by atoms with E-state index in [0.29, 0.717) is 26.1 Å². The maximum atomic E-state index is 12.9. The Morgan fingerprint density at radius 1 is 1.17 bits per heavy atom. The summed E-state index contributed by atoms with van der Waals surface area (Å²) in [6.07, 6.45) is -1.17. The number of nitrogens with one attached hydrogen (secondary N) is 1. The van der Waals surface area contributed by atoms with Crippen LogP contribution in [0.25, 0.3) is 0 Å². The molecule has 2 nitrogen and oxygen atoms in total. The quantitative estimate of drug-likeness (QED) is 0.897. The molecular formula is C13H16F3NO. The molecule has 2 rings (SSSR count). The van der Waals surface area contributed by atoms with Gasteiger partial charge in [-0.25, -0.2) is 13.2 Å². The lowest BCUT2D eigenvalue weighted by atomic mass is 9.82. The Bertz CT molecular complexity index is 374. The van der Waals surface area contributed by atoms with E-state index >= 15 is 0 Å². The van der Waals surface area contributed by atoms with E-state index in [2.05, 4.69) is 5.32 Å². The molecule has 100 valence electrons. The molecule has 0 aliphatic carbocycles. The van der Waals surface area contributed by atoms with Crippen LogP contribution in [-0.4, -0.2) is 26.2 Å². The summed E-state index contributed by atoms with van der Waals surface area (Å²) in [6.45, 7) is 0.679. The fourth-order valence-electron chi connectivity index (χ4n) is 2.33. The fourth-order valence-corrected chi connectivity index (χ4v) is 2.33. The van der Waals surface area contributed by atoms with Gasteiger partial charge in [0.2, 0.25) is 0 Å². The Hall–Kier alpha value is -1.07. The topological polar surface area (TPSA) is 21.3 Å². The summed E-state index contributed by atoms with van der Waals surface area (Å²) >= 11 is 0. The van der Waals surface area contributed by atoms with Crippen molar-refractivity contribution in [1.82, 2.24) is 5.32 Å². The second-order valence-electron chi connectivity index (χ2n) is 4.47. The second-order valence-corrected chi connectivity index (χ2v) is 4.47. The third-order valence-corrected chi connectivity index (χ3v) is 3.34. The molecule has 0 aromatic heterocycles. The minimum absolute atomic E-state index is 0.324. The van der Waals surface area contributed by atoms with Gasteiger partial charge in [0, 0.05) is 18.8 Å².